The van der Waals surface area contributed by atoms with Gasteiger partial charge in [0.05, 0.1) is 18.9 Å². The molecule has 1 aromatic carbocycles. The van der Waals surface area contributed by atoms with E-state index in [1.165, 1.54) is 11.2 Å². The van der Waals surface area contributed by atoms with E-state index in [0.717, 1.165) is 11.4 Å². The monoisotopic (exact) mass is 309 g/mol. The smallest absolute Gasteiger partial charge is 0.230 e. The summed E-state index contributed by atoms with van der Waals surface area (Å²) >= 11 is 0. The second kappa shape index (κ2) is 6.33. The van der Waals surface area contributed by atoms with Crippen molar-refractivity contribution in [1.29, 1.82) is 5.26 Å². The number of hydrogen-bond donors (Lipinski definition) is 0. The number of piperazine rings is 1. The standard InChI is InChI=1S/C14H19N3O3S/c1-12(11-15)21(18,19)17-9-7-16(8-10-17)13-5-3-4-6-14(13)20-2/h3-6,12H,7-10H2,1-2H3. The van der Waals surface area contributed by atoms with E-state index in [9.17, 15) is 8.42 Å². The Morgan fingerprint density at radius 3 is 2.43 bits per heavy atom. The van der Waals surface area contributed by atoms with Gasteiger partial charge in [-0.1, -0.05) is 12.1 Å². The molecule has 21 heavy (non-hydrogen) atoms. The number of sulfonamides is 1. The third-order valence-electron chi connectivity index (χ3n) is 3.65. The Morgan fingerprint density at radius 1 is 1.24 bits per heavy atom. The van der Waals surface area contributed by atoms with E-state index in [4.69, 9.17) is 10.00 Å². The molecule has 0 aliphatic carbocycles. The Labute approximate surface area is 125 Å². The molecule has 1 heterocycles. The lowest BCUT2D eigenvalue weighted by Gasteiger charge is -2.36. The highest BCUT2D eigenvalue weighted by Crippen LogP contribution is 2.28. The van der Waals surface area contributed by atoms with Crippen molar-refractivity contribution in [2.24, 2.45) is 0 Å². The fourth-order valence-corrected chi connectivity index (χ4v) is 3.62. The van der Waals surface area contributed by atoms with Crippen LogP contribution < -0.4 is 9.64 Å². The van der Waals surface area contributed by atoms with Crippen molar-refractivity contribution in [3.05, 3.63) is 24.3 Å². The van der Waals surface area contributed by atoms with Crippen LogP contribution in [0.15, 0.2) is 24.3 Å². The molecule has 2 rings (SSSR count). The topological polar surface area (TPSA) is 73.6 Å². The van der Waals surface area contributed by atoms with E-state index < -0.39 is 15.3 Å². The quantitative estimate of drug-likeness (QED) is 0.831. The summed E-state index contributed by atoms with van der Waals surface area (Å²) in [6.07, 6.45) is 0. The lowest BCUT2D eigenvalue weighted by Crippen LogP contribution is -2.50. The number of para-hydroxylation sites is 2. The summed E-state index contributed by atoms with van der Waals surface area (Å²) in [5, 5.41) is 7.81. The summed E-state index contributed by atoms with van der Waals surface area (Å²) in [5.74, 6) is 0.777. The van der Waals surface area contributed by atoms with Gasteiger partial charge in [0.15, 0.2) is 5.25 Å². The number of nitrogens with zero attached hydrogens (tertiary/aromatic N) is 3. The fourth-order valence-electron chi connectivity index (χ4n) is 2.36. The highest BCUT2D eigenvalue weighted by atomic mass is 32.2. The van der Waals surface area contributed by atoms with Gasteiger partial charge in [-0.2, -0.15) is 9.57 Å². The summed E-state index contributed by atoms with van der Waals surface area (Å²) < 4.78 is 31.0. The van der Waals surface area contributed by atoms with Gasteiger partial charge < -0.3 is 9.64 Å². The van der Waals surface area contributed by atoms with Gasteiger partial charge in [-0.15, -0.1) is 0 Å². The number of rotatable bonds is 4. The molecular formula is C14H19N3O3S. The molecule has 1 saturated heterocycles. The van der Waals surface area contributed by atoms with Gasteiger partial charge in [-0.3, -0.25) is 0 Å². The minimum atomic E-state index is -3.52. The first kappa shape index (κ1) is 15.6. The zero-order valence-corrected chi connectivity index (χ0v) is 13.0. The zero-order valence-electron chi connectivity index (χ0n) is 12.2. The SMILES string of the molecule is COc1ccccc1N1CCN(S(=O)(=O)C(C)C#N)CC1. The molecule has 1 unspecified atom stereocenters. The first-order chi connectivity index (χ1) is 10.0. The van der Waals surface area contributed by atoms with E-state index in [2.05, 4.69) is 4.90 Å². The van der Waals surface area contributed by atoms with Gasteiger partial charge >= 0.3 is 0 Å². The van der Waals surface area contributed by atoms with E-state index in [0.29, 0.717) is 26.2 Å². The van der Waals surface area contributed by atoms with E-state index in [1.807, 2.05) is 24.3 Å². The van der Waals surface area contributed by atoms with Crippen molar-refractivity contribution >= 4 is 15.7 Å². The average molecular weight is 309 g/mol. The van der Waals surface area contributed by atoms with Crippen molar-refractivity contribution < 1.29 is 13.2 Å². The Bertz CT molecular complexity index is 631. The largest absolute Gasteiger partial charge is 0.495 e. The molecule has 0 bridgehead atoms. The summed E-state index contributed by atoms with van der Waals surface area (Å²) in [6.45, 7) is 3.34. The van der Waals surface area contributed by atoms with Gasteiger partial charge in [0.25, 0.3) is 0 Å². The molecule has 1 aromatic rings. The van der Waals surface area contributed by atoms with Crippen molar-refractivity contribution in [3.63, 3.8) is 0 Å². The van der Waals surface area contributed by atoms with Crippen molar-refractivity contribution in [1.82, 2.24) is 4.31 Å². The Hall–Kier alpha value is -1.78. The molecule has 1 atom stereocenters. The number of anilines is 1. The minimum absolute atomic E-state index is 0.381. The van der Waals surface area contributed by atoms with Crippen molar-refractivity contribution in [3.8, 4) is 11.8 Å². The molecule has 114 valence electrons. The molecule has 0 N–H and O–H groups in total. The Balaban J connectivity index is 2.09. The zero-order chi connectivity index (χ0) is 15.5. The molecule has 0 aromatic heterocycles. The molecule has 0 saturated carbocycles. The maximum absolute atomic E-state index is 12.1. The predicted octanol–water partition coefficient (Wildman–Crippen LogP) is 1.06. The number of hydrogen-bond acceptors (Lipinski definition) is 5. The number of nitriles is 1. The number of ether oxygens (including phenoxy) is 1. The molecule has 0 radical (unpaired) electrons. The third kappa shape index (κ3) is 3.12. The van der Waals surface area contributed by atoms with Crippen molar-refractivity contribution in [2.45, 2.75) is 12.2 Å². The van der Waals surface area contributed by atoms with Crippen LogP contribution in [0.1, 0.15) is 6.92 Å². The molecule has 1 aliphatic rings. The van der Waals surface area contributed by atoms with Gasteiger partial charge in [0, 0.05) is 26.2 Å². The van der Waals surface area contributed by atoms with E-state index >= 15 is 0 Å². The number of benzene rings is 1. The minimum Gasteiger partial charge on any atom is -0.495 e. The average Bonchev–Trinajstić information content (AvgIpc) is 2.54. The summed E-state index contributed by atoms with van der Waals surface area (Å²) in [7, 11) is -1.90. The van der Waals surface area contributed by atoms with Crippen LogP contribution in [0.25, 0.3) is 0 Å². The molecular weight excluding hydrogens is 290 g/mol. The van der Waals surface area contributed by atoms with E-state index in [1.54, 1.807) is 13.2 Å². The molecule has 0 spiro atoms. The van der Waals surface area contributed by atoms with Crippen LogP contribution in [0.2, 0.25) is 0 Å². The second-order valence-corrected chi connectivity index (χ2v) is 7.13. The Kier molecular flexibility index (Phi) is 4.70. The van der Waals surface area contributed by atoms with Crippen LogP contribution in [-0.4, -0.2) is 51.3 Å². The Morgan fingerprint density at radius 2 is 1.86 bits per heavy atom. The molecule has 7 heteroatoms. The molecule has 1 aliphatic heterocycles. The van der Waals surface area contributed by atoms with Gasteiger partial charge in [0.2, 0.25) is 10.0 Å². The first-order valence-electron chi connectivity index (χ1n) is 6.77. The molecule has 0 amide bonds. The highest BCUT2D eigenvalue weighted by molar-refractivity contribution is 7.89. The van der Waals surface area contributed by atoms with Gasteiger partial charge in [-0.25, -0.2) is 8.42 Å². The second-order valence-electron chi connectivity index (χ2n) is 4.87. The van der Waals surface area contributed by atoms with Crippen LogP contribution in [0.3, 0.4) is 0 Å². The van der Waals surface area contributed by atoms with Crippen LogP contribution in [0, 0.1) is 11.3 Å². The van der Waals surface area contributed by atoms with Crippen LogP contribution in [0.5, 0.6) is 5.75 Å². The normalized spacial score (nSPS) is 18.0. The van der Waals surface area contributed by atoms with Crippen LogP contribution in [0.4, 0.5) is 5.69 Å². The lowest BCUT2D eigenvalue weighted by molar-refractivity contribution is 0.376. The maximum Gasteiger partial charge on any atom is 0.230 e. The summed E-state index contributed by atoms with van der Waals surface area (Å²) in [5.41, 5.74) is 0.963. The van der Waals surface area contributed by atoms with Crippen LogP contribution in [-0.2, 0) is 10.0 Å². The summed E-state index contributed by atoms with van der Waals surface area (Å²) in [4.78, 5) is 2.10. The van der Waals surface area contributed by atoms with Gasteiger partial charge in [0.1, 0.15) is 5.75 Å². The molecule has 6 nitrogen and oxygen atoms in total. The third-order valence-corrected chi connectivity index (χ3v) is 5.74. The molecule has 1 fully saturated rings. The van der Waals surface area contributed by atoms with Crippen LogP contribution >= 0.6 is 0 Å². The lowest BCUT2D eigenvalue weighted by atomic mass is 10.2. The number of methoxy groups -OCH3 is 1. The van der Waals surface area contributed by atoms with E-state index in [-0.39, 0.29) is 0 Å². The van der Waals surface area contributed by atoms with Crippen molar-refractivity contribution in [2.75, 3.05) is 38.2 Å². The first-order valence-corrected chi connectivity index (χ1v) is 8.27. The predicted molar refractivity (Wildman–Crippen MR) is 80.8 cm³/mol. The summed E-state index contributed by atoms with van der Waals surface area (Å²) in [6, 6.07) is 9.47. The fraction of sp³-hybridized carbons (Fsp3) is 0.500. The van der Waals surface area contributed by atoms with Gasteiger partial charge in [-0.05, 0) is 19.1 Å². The highest BCUT2D eigenvalue weighted by Gasteiger charge is 2.32. The maximum atomic E-state index is 12.1.